The van der Waals surface area contributed by atoms with Crippen LogP contribution in [-0.4, -0.2) is 41.5 Å². The van der Waals surface area contributed by atoms with E-state index >= 15 is 0 Å². The Bertz CT molecular complexity index is 526. The molecule has 1 aromatic carbocycles. The first-order valence-electron chi connectivity index (χ1n) is 6.39. The summed E-state index contributed by atoms with van der Waals surface area (Å²) in [6.07, 6.45) is -4.28. The standard InChI is InChI=1S/C13H15F3N2O3/c14-13(15,16)21-11-2-1-8(7-10(11)17)12(20)18-5-3-9(19)4-6-18/h1-2,7,9,19H,3-6,17H2. The quantitative estimate of drug-likeness (QED) is 0.816. The van der Waals surface area contributed by atoms with Gasteiger partial charge in [-0.3, -0.25) is 4.79 Å². The zero-order valence-electron chi connectivity index (χ0n) is 11.1. The van der Waals surface area contributed by atoms with Gasteiger partial charge in [-0.25, -0.2) is 0 Å². The average Bonchev–Trinajstić information content (AvgIpc) is 2.40. The molecule has 0 aromatic heterocycles. The number of rotatable bonds is 2. The normalized spacial score (nSPS) is 16.9. The third-order valence-electron chi connectivity index (χ3n) is 3.23. The van der Waals surface area contributed by atoms with Crippen molar-refractivity contribution in [3.05, 3.63) is 23.8 Å². The molecule has 0 saturated carbocycles. The maximum Gasteiger partial charge on any atom is 0.573 e. The Morgan fingerprint density at radius 1 is 1.33 bits per heavy atom. The third kappa shape index (κ3) is 4.01. The van der Waals surface area contributed by atoms with Crippen LogP contribution >= 0.6 is 0 Å². The molecule has 5 nitrogen and oxygen atoms in total. The molecular weight excluding hydrogens is 289 g/mol. The summed E-state index contributed by atoms with van der Waals surface area (Å²) in [5.41, 5.74) is 5.42. The van der Waals surface area contributed by atoms with Crippen LogP contribution in [0.1, 0.15) is 23.2 Å². The van der Waals surface area contributed by atoms with Crippen LogP contribution in [-0.2, 0) is 0 Å². The number of aliphatic hydroxyl groups excluding tert-OH is 1. The van der Waals surface area contributed by atoms with Gasteiger partial charge >= 0.3 is 6.36 Å². The van der Waals surface area contributed by atoms with Crippen molar-refractivity contribution in [2.24, 2.45) is 0 Å². The fourth-order valence-electron chi connectivity index (χ4n) is 2.15. The number of halogens is 3. The van der Waals surface area contributed by atoms with E-state index in [9.17, 15) is 23.1 Å². The number of anilines is 1. The zero-order valence-corrected chi connectivity index (χ0v) is 11.1. The fraction of sp³-hybridized carbons (Fsp3) is 0.462. The van der Waals surface area contributed by atoms with Gasteiger partial charge in [0, 0.05) is 18.7 Å². The first kappa shape index (κ1) is 15.4. The first-order chi connectivity index (χ1) is 9.76. The molecule has 1 aliphatic rings. The Kier molecular flexibility index (Phi) is 4.26. The predicted octanol–water partition coefficient (Wildman–Crippen LogP) is 1.76. The second-order valence-electron chi connectivity index (χ2n) is 4.82. The molecule has 3 N–H and O–H groups in total. The van der Waals surface area contributed by atoms with E-state index in [-0.39, 0.29) is 17.2 Å². The molecule has 8 heteroatoms. The highest BCUT2D eigenvalue weighted by molar-refractivity contribution is 5.95. The van der Waals surface area contributed by atoms with Gasteiger partial charge in [-0.2, -0.15) is 0 Å². The van der Waals surface area contributed by atoms with Gasteiger partial charge in [-0.05, 0) is 31.0 Å². The number of hydrogen-bond donors (Lipinski definition) is 2. The molecule has 1 amide bonds. The minimum Gasteiger partial charge on any atom is -0.404 e. The minimum atomic E-state index is -4.83. The first-order valence-corrected chi connectivity index (χ1v) is 6.39. The molecule has 0 atom stereocenters. The van der Waals surface area contributed by atoms with Crippen molar-refractivity contribution in [2.45, 2.75) is 25.3 Å². The van der Waals surface area contributed by atoms with Crippen LogP contribution in [0.3, 0.4) is 0 Å². The molecule has 0 radical (unpaired) electrons. The number of nitrogens with two attached hydrogens (primary N) is 1. The molecule has 1 saturated heterocycles. The second-order valence-corrected chi connectivity index (χ2v) is 4.82. The number of aliphatic hydroxyl groups is 1. The summed E-state index contributed by atoms with van der Waals surface area (Å²) in [6.45, 7) is 0.807. The maximum absolute atomic E-state index is 12.2. The van der Waals surface area contributed by atoms with Gasteiger partial charge in [0.15, 0.2) is 5.75 Å². The van der Waals surface area contributed by atoms with Crippen molar-refractivity contribution in [1.82, 2.24) is 4.90 Å². The lowest BCUT2D eigenvalue weighted by atomic mass is 10.1. The number of amides is 1. The smallest absolute Gasteiger partial charge is 0.404 e. The van der Waals surface area contributed by atoms with Crippen molar-refractivity contribution >= 4 is 11.6 Å². The van der Waals surface area contributed by atoms with Crippen molar-refractivity contribution in [2.75, 3.05) is 18.8 Å². The molecule has 0 unspecified atom stereocenters. The lowest BCUT2D eigenvalue weighted by Crippen LogP contribution is -2.40. The molecule has 0 bridgehead atoms. The number of piperidine rings is 1. The van der Waals surface area contributed by atoms with E-state index in [4.69, 9.17) is 5.73 Å². The van der Waals surface area contributed by atoms with Gasteiger partial charge in [-0.1, -0.05) is 0 Å². The zero-order chi connectivity index (χ0) is 15.6. The summed E-state index contributed by atoms with van der Waals surface area (Å²) in [6, 6.07) is 3.42. The van der Waals surface area contributed by atoms with Gasteiger partial charge in [0.2, 0.25) is 0 Å². The summed E-state index contributed by atoms with van der Waals surface area (Å²) < 4.78 is 40.1. The summed E-state index contributed by atoms with van der Waals surface area (Å²) in [5.74, 6) is -0.861. The Labute approximate surface area is 119 Å². The molecule has 1 aliphatic heterocycles. The number of nitrogen functional groups attached to an aromatic ring is 1. The highest BCUT2D eigenvalue weighted by atomic mass is 19.4. The lowest BCUT2D eigenvalue weighted by Gasteiger charge is -2.29. The van der Waals surface area contributed by atoms with Crippen molar-refractivity contribution in [1.29, 1.82) is 0 Å². The summed E-state index contributed by atoms with van der Waals surface area (Å²) in [4.78, 5) is 13.7. The number of likely N-dealkylation sites (tertiary alicyclic amines) is 1. The van der Waals surface area contributed by atoms with Crippen LogP contribution in [0.2, 0.25) is 0 Å². The van der Waals surface area contributed by atoms with Gasteiger partial charge in [0.05, 0.1) is 11.8 Å². The maximum atomic E-state index is 12.2. The highest BCUT2D eigenvalue weighted by Crippen LogP contribution is 2.29. The molecule has 0 spiro atoms. The molecule has 2 rings (SSSR count). The van der Waals surface area contributed by atoms with E-state index in [1.165, 1.54) is 11.0 Å². The Morgan fingerprint density at radius 3 is 2.48 bits per heavy atom. The van der Waals surface area contributed by atoms with Crippen LogP contribution in [0.4, 0.5) is 18.9 Å². The van der Waals surface area contributed by atoms with Crippen LogP contribution in [0, 0.1) is 0 Å². The number of hydrogen-bond acceptors (Lipinski definition) is 4. The number of ether oxygens (including phenoxy) is 1. The third-order valence-corrected chi connectivity index (χ3v) is 3.23. The van der Waals surface area contributed by atoms with Gasteiger partial charge in [0.1, 0.15) is 0 Å². The largest absolute Gasteiger partial charge is 0.573 e. The van der Waals surface area contributed by atoms with Gasteiger partial charge < -0.3 is 20.5 Å². The number of benzene rings is 1. The van der Waals surface area contributed by atoms with E-state index in [1.54, 1.807) is 0 Å². The van der Waals surface area contributed by atoms with Crippen molar-refractivity contribution in [3.8, 4) is 5.75 Å². The predicted molar refractivity (Wildman–Crippen MR) is 68.7 cm³/mol. The van der Waals surface area contributed by atoms with Crippen LogP contribution in [0.5, 0.6) is 5.75 Å². The molecule has 1 aromatic rings. The van der Waals surface area contributed by atoms with Crippen molar-refractivity contribution in [3.63, 3.8) is 0 Å². The number of carbonyl (C=O) groups is 1. The summed E-state index contributed by atoms with van der Waals surface area (Å²) >= 11 is 0. The van der Waals surface area contributed by atoms with Gasteiger partial charge in [-0.15, -0.1) is 13.2 Å². The number of alkyl halides is 3. The highest BCUT2D eigenvalue weighted by Gasteiger charge is 2.32. The fourth-order valence-corrected chi connectivity index (χ4v) is 2.15. The SMILES string of the molecule is Nc1cc(C(=O)N2CCC(O)CC2)ccc1OC(F)(F)F. The van der Waals surface area contributed by atoms with E-state index in [0.717, 1.165) is 12.1 Å². The molecule has 21 heavy (non-hydrogen) atoms. The molecule has 1 fully saturated rings. The molecule has 1 heterocycles. The van der Waals surface area contributed by atoms with Crippen molar-refractivity contribution < 1.29 is 27.8 Å². The average molecular weight is 304 g/mol. The monoisotopic (exact) mass is 304 g/mol. The number of nitrogens with zero attached hydrogens (tertiary/aromatic N) is 1. The minimum absolute atomic E-state index is 0.193. The Balaban J connectivity index is 2.10. The van der Waals surface area contributed by atoms with E-state index < -0.39 is 18.2 Å². The Hall–Kier alpha value is -1.96. The van der Waals surface area contributed by atoms with E-state index in [0.29, 0.717) is 25.9 Å². The van der Waals surface area contributed by atoms with E-state index in [2.05, 4.69) is 4.74 Å². The second kappa shape index (κ2) is 5.80. The van der Waals surface area contributed by atoms with Crippen LogP contribution < -0.4 is 10.5 Å². The molecule has 116 valence electrons. The summed E-state index contributed by atoms with van der Waals surface area (Å²) in [7, 11) is 0. The molecular formula is C13H15F3N2O3. The topological polar surface area (TPSA) is 75.8 Å². The van der Waals surface area contributed by atoms with Gasteiger partial charge in [0.25, 0.3) is 5.91 Å². The molecule has 0 aliphatic carbocycles. The van der Waals surface area contributed by atoms with Crippen LogP contribution in [0.15, 0.2) is 18.2 Å². The number of carbonyl (C=O) groups excluding carboxylic acids is 1. The van der Waals surface area contributed by atoms with E-state index in [1.807, 2.05) is 0 Å². The van der Waals surface area contributed by atoms with Crippen LogP contribution in [0.25, 0.3) is 0 Å². The lowest BCUT2D eigenvalue weighted by molar-refractivity contribution is -0.274. The summed E-state index contributed by atoms with van der Waals surface area (Å²) in [5, 5.41) is 9.39. The Morgan fingerprint density at radius 2 is 1.95 bits per heavy atom.